The molecule has 0 atom stereocenters. The first-order chi connectivity index (χ1) is 9.70. The van der Waals surface area contributed by atoms with Crippen molar-refractivity contribution in [2.75, 3.05) is 0 Å². The minimum Gasteiger partial charge on any atom is -0.325 e. The number of hydrogen-bond acceptors (Lipinski definition) is 5. The molecule has 0 saturated carbocycles. The van der Waals surface area contributed by atoms with Gasteiger partial charge in [-0.2, -0.15) is 4.68 Å². The van der Waals surface area contributed by atoms with E-state index in [-0.39, 0.29) is 0 Å². The van der Waals surface area contributed by atoms with Gasteiger partial charge in [-0.1, -0.05) is 46.9 Å². The number of aryl methyl sites for hydroxylation is 2. The second-order valence-corrected chi connectivity index (χ2v) is 5.69. The molecule has 102 valence electrons. The van der Waals surface area contributed by atoms with Gasteiger partial charge in [0.2, 0.25) is 5.13 Å². The first kappa shape index (κ1) is 13.0. The van der Waals surface area contributed by atoms with Crippen molar-refractivity contribution >= 4 is 11.3 Å². The highest BCUT2D eigenvalue weighted by molar-refractivity contribution is 7.14. The van der Waals surface area contributed by atoms with Gasteiger partial charge in [-0.05, 0) is 13.8 Å². The Bertz CT molecular complexity index is 710. The van der Waals surface area contributed by atoms with Crippen LogP contribution in [0.1, 0.15) is 16.3 Å². The molecule has 2 aromatic heterocycles. The lowest BCUT2D eigenvalue weighted by atomic mass is 10.1. The van der Waals surface area contributed by atoms with Gasteiger partial charge in [0, 0.05) is 17.0 Å². The van der Waals surface area contributed by atoms with E-state index in [4.69, 9.17) is 5.73 Å². The third kappa shape index (κ3) is 2.13. The minimum absolute atomic E-state index is 0.355. The number of benzene rings is 1. The highest BCUT2D eigenvalue weighted by atomic mass is 32.1. The van der Waals surface area contributed by atoms with Gasteiger partial charge >= 0.3 is 0 Å². The van der Waals surface area contributed by atoms with Crippen LogP contribution in [0, 0.1) is 13.8 Å². The van der Waals surface area contributed by atoms with Gasteiger partial charge in [0.1, 0.15) is 11.4 Å². The number of rotatable bonds is 3. The Morgan fingerprint density at radius 3 is 2.55 bits per heavy atom. The predicted octanol–water partition coefficient (Wildman–Crippen LogP) is 2.47. The second kappa shape index (κ2) is 5.15. The number of thiazole rings is 1. The molecular weight excluding hydrogens is 270 g/mol. The van der Waals surface area contributed by atoms with Crippen LogP contribution in [-0.4, -0.2) is 20.0 Å². The molecule has 3 aromatic rings. The maximum absolute atomic E-state index is 5.78. The lowest BCUT2D eigenvalue weighted by Gasteiger charge is -2.04. The number of hydrogen-bond donors (Lipinski definition) is 1. The number of nitrogens with two attached hydrogens (primary N) is 1. The quantitative estimate of drug-likeness (QED) is 0.802. The van der Waals surface area contributed by atoms with Crippen LogP contribution in [0.5, 0.6) is 0 Å². The molecule has 6 heteroatoms. The minimum atomic E-state index is 0.355. The zero-order valence-electron chi connectivity index (χ0n) is 11.4. The maximum Gasteiger partial charge on any atom is 0.212 e. The third-order valence-corrected chi connectivity index (χ3v) is 4.23. The fourth-order valence-corrected chi connectivity index (χ4v) is 2.88. The van der Waals surface area contributed by atoms with E-state index in [9.17, 15) is 0 Å². The molecule has 0 aliphatic carbocycles. The van der Waals surface area contributed by atoms with Crippen molar-refractivity contribution in [3.05, 3.63) is 46.6 Å². The number of aromatic nitrogens is 4. The summed E-state index contributed by atoms with van der Waals surface area (Å²) in [7, 11) is 0. The zero-order chi connectivity index (χ0) is 14.1. The summed E-state index contributed by atoms with van der Waals surface area (Å²) < 4.78 is 1.78. The van der Waals surface area contributed by atoms with E-state index in [1.165, 1.54) is 4.88 Å². The lowest BCUT2D eigenvalue weighted by Crippen LogP contribution is -2.02. The van der Waals surface area contributed by atoms with Gasteiger partial charge in [0.15, 0.2) is 0 Å². The summed E-state index contributed by atoms with van der Waals surface area (Å²) >= 11 is 1.61. The Morgan fingerprint density at radius 2 is 1.95 bits per heavy atom. The molecule has 20 heavy (non-hydrogen) atoms. The van der Waals surface area contributed by atoms with E-state index < -0.39 is 0 Å². The second-order valence-electron chi connectivity index (χ2n) is 4.50. The molecule has 0 fully saturated rings. The molecule has 0 aliphatic rings. The summed E-state index contributed by atoms with van der Waals surface area (Å²) in [5.41, 5.74) is 9.55. The van der Waals surface area contributed by atoms with Crippen molar-refractivity contribution in [2.45, 2.75) is 20.4 Å². The summed E-state index contributed by atoms with van der Waals surface area (Å²) in [6.07, 6.45) is 0. The van der Waals surface area contributed by atoms with Gasteiger partial charge < -0.3 is 5.73 Å². The molecule has 0 spiro atoms. The molecule has 1 aromatic carbocycles. The van der Waals surface area contributed by atoms with Crippen LogP contribution in [0.3, 0.4) is 0 Å². The average Bonchev–Trinajstić information content (AvgIpc) is 3.04. The van der Waals surface area contributed by atoms with Crippen LogP contribution in [0.2, 0.25) is 0 Å². The molecule has 0 radical (unpaired) electrons. The van der Waals surface area contributed by atoms with Crippen LogP contribution in [0.4, 0.5) is 0 Å². The molecule has 0 saturated heterocycles. The Labute approximate surface area is 121 Å². The maximum atomic E-state index is 5.78. The van der Waals surface area contributed by atoms with Crippen molar-refractivity contribution in [3.63, 3.8) is 0 Å². The fraction of sp³-hybridized carbons (Fsp3) is 0.214. The first-order valence-electron chi connectivity index (χ1n) is 6.35. The Morgan fingerprint density at radius 1 is 1.20 bits per heavy atom. The van der Waals surface area contributed by atoms with Gasteiger partial charge in [-0.25, -0.2) is 4.98 Å². The summed E-state index contributed by atoms with van der Waals surface area (Å²) in [5.74, 6) is 0. The normalized spacial score (nSPS) is 10.9. The SMILES string of the molecule is Cc1nc(-n2nnc(CN)c2-c2ccccc2)sc1C. The average molecular weight is 285 g/mol. The summed E-state index contributed by atoms with van der Waals surface area (Å²) in [5, 5.41) is 9.23. The van der Waals surface area contributed by atoms with Crippen LogP contribution >= 0.6 is 11.3 Å². The Kier molecular flexibility index (Phi) is 3.33. The van der Waals surface area contributed by atoms with E-state index in [0.29, 0.717) is 6.54 Å². The van der Waals surface area contributed by atoms with Crippen molar-refractivity contribution in [1.82, 2.24) is 20.0 Å². The van der Waals surface area contributed by atoms with Gasteiger partial charge in [-0.15, -0.1) is 5.10 Å². The largest absolute Gasteiger partial charge is 0.325 e. The predicted molar refractivity (Wildman–Crippen MR) is 79.8 cm³/mol. The van der Waals surface area contributed by atoms with Crippen LogP contribution in [0.15, 0.2) is 30.3 Å². The Balaban J connectivity index is 2.20. The topological polar surface area (TPSA) is 69.6 Å². The highest BCUT2D eigenvalue weighted by Gasteiger charge is 2.17. The molecule has 2 N–H and O–H groups in total. The van der Waals surface area contributed by atoms with Crippen molar-refractivity contribution in [3.8, 4) is 16.4 Å². The standard InChI is InChI=1S/C14H15N5S/c1-9-10(2)20-14(16-9)19-13(12(8-15)17-18-19)11-6-4-3-5-7-11/h3-7H,8,15H2,1-2H3. The lowest BCUT2D eigenvalue weighted by molar-refractivity contribution is 0.792. The van der Waals surface area contributed by atoms with Crippen molar-refractivity contribution in [2.24, 2.45) is 5.73 Å². The molecule has 3 rings (SSSR count). The highest BCUT2D eigenvalue weighted by Crippen LogP contribution is 2.27. The van der Waals surface area contributed by atoms with E-state index >= 15 is 0 Å². The molecule has 0 aliphatic heterocycles. The monoisotopic (exact) mass is 285 g/mol. The van der Waals surface area contributed by atoms with Crippen LogP contribution < -0.4 is 5.73 Å². The van der Waals surface area contributed by atoms with E-state index in [1.54, 1.807) is 16.0 Å². The third-order valence-electron chi connectivity index (χ3n) is 3.18. The molecular formula is C14H15N5S. The summed E-state index contributed by atoms with van der Waals surface area (Å²) in [4.78, 5) is 5.74. The van der Waals surface area contributed by atoms with E-state index in [2.05, 4.69) is 22.2 Å². The summed E-state index contributed by atoms with van der Waals surface area (Å²) in [6.45, 7) is 4.41. The van der Waals surface area contributed by atoms with Gasteiger partial charge in [0.25, 0.3) is 0 Å². The molecule has 5 nitrogen and oxygen atoms in total. The first-order valence-corrected chi connectivity index (χ1v) is 7.17. The molecule has 2 heterocycles. The molecule has 0 unspecified atom stereocenters. The van der Waals surface area contributed by atoms with Crippen molar-refractivity contribution in [1.29, 1.82) is 0 Å². The zero-order valence-corrected chi connectivity index (χ0v) is 12.2. The molecule has 0 amide bonds. The van der Waals surface area contributed by atoms with Gasteiger partial charge in [-0.3, -0.25) is 0 Å². The van der Waals surface area contributed by atoms with Crippen LogP contribution in [0.25, 0.3) is 16.4 Å². The smallest absolute Gasteiger partial charge is 0.212 e. The molecule has 0 bridgehead atoms. The number of nitrogens with zero attached hydrogens (tertiary/aromatic N) is 4. The van der Waals surface area contributed by atoms with E-state index in [0.717, 1.165) is 27.8 Å². The van der Waals surface area contributed by atoms with Gasteiger partial charge in [0.05, 0.1) is 5.69 Å². The van der Waals surface area contributed by atoms with Crippen molar-refractivity contribution < 1.29 is 0 Å². The van der Waals surface area contributed by atoms with E-state index in [1.807, 2.05) is 37.3 Å². The Hall–Kier alpha value is -2.05. The summed E-state index contributed by atoms with van der Waals surface area (Å²) in [6, 6.07) is 10.0. The fourth-order valence-electron chi connectivity index (χ4n) is 2.02. The van der Waals surface area contributed by atoms with Crippen LogP contribution in [-0.2, 0) is 6.54 Å².